The van der Waals surface area contributed by atoms with Gasteiger partial charge < -0.3 is 9.47 Å². The van der Waals surface area contributed by atoms with Gasteiger partial charge in [-0.3, -0.25) is 9.69 Å². The Bertz CT molecular complexity index is 483. The molecule has 0 heterocycles. The van der Waals surface area contributed by atoms with Gasteiger partial charge in [0.25, 0.3) is 0 Å². The Morgan fingerprint density at radius 1 is 1.24 bits per heavy atom. The third-order valence-corrected chi connectivity index (χ3v) is 3.23. The number of nitrogens with zero attached hydrogens (tertiary/aromatic N) is 2. The summed E-state index contributed by atoms with van der Waals surface area (Å²) in [6.45, 7) is 2.75. The molecule has 1 aromatic rings. The number of carbonyl (C=O) groups is 1. The van der Waals surface area contributed by atoms with Gasteiger partial charge in [0.2, 0.25) is 0 Å². The highest BCUT2D eigenvalue weighted by Gasteiger charge is 2.11. The van der Waals surface area contributed by atoms with Crippen LogP contribution in [0.15, 0.2) is 24.3 Å². The smallest absolute Gasteiger partial charge is 0.309 e. The van der Waals surface area contributed by atoms with Crippen molar-refractivity contribution in [2.24, 2.45) is 0 Å². The maximum absolute atomic E-state index is 11.5. The van der Waals surface area contributed by atoms with Crippen LogP contribution < -0.4 is 0 Å². The fourth-order valence-electron chi connectivity index (χ4n) is 2.05. The SMILES string of the molecule is COCCN(CCC#N)Cc1ccccc1CC(=O)OC. The number of hydrogen-bond donors (Lipinski definition) is 0. The number of carbonyl (C=O) groups excluding carboxylic acids is 1. The molecule has 5 heteroatoms. The lowest BCUT2D eigenvalue weighted by molar-refractivity contribution is -0.139. The first-order chi connectivity index (χ1) is 10.2. The van der Waals surface area contributed by atoms with Crippen LogP contribution in [-0.4, -0.2) is 44.8 Å². The van der Waals surface area contributed by atoms with Gasteiger partial charge >= 0.3 is 5.97 Å². The molecule has 0 saturated heterocycles. The van der Waals surface area contributed by atoms with Crippen LogP contribution in [0.1, 0.15) is 17.5 Å². The molecule has 0 fully saturated rings. The third kappa shape index (κ3) is 6.39. The van der Waals surface area contributed by atoms with Gasteiger partial charge in [-0.25, -0.2) is 0 Å². The molecule has 0 aromatic heterocycles. The topological polar surface area (TPSA) is 62.6 Å². The van der Waals surface area contributed by atoms with Gasteiger partial charge in [0.05, 0.1) is 26.2 Å². The minimum atomic E-state index is -0.247. The second-order valence-electron chi connectivity index (χ2n) is 4.70. The zero-order chi connectivity index (χ0) is 15.5. The van der Waals surface area contributed by atoms with Crippen LogP contribution in [0, 0.1) is 11.3 Å². The zero-order valence-corrected chi connectivity index (χ0v) is 12.7. The minimum Gasteiger partial charge on any atom is -0.469 e. The lowest BCUT2D eigenvalue weighted by Crippen LogP contribution is -2.28. The van der Waals surface area contributed by atoms with Crippen molar-refractivity contribution in [3.8, 4) is 6.07 Å². The molecule has 0 unspecified atom stereocenters. The summed E-state index contributed by atoms with van der Waals surface area (Å²) in [5.74, 6) is -0.247. The number of methoxy groups -OCH3 is 2. The van der Waals surface area contributed by atoms with E-state index in [1.165, 1.54) is 7.11 Å². The average molecular weight is 290 g/mol. The van der Waals surface area contributed by atoms with Gasteiger partial charge in [-0.2, -0.15) is 5.26 Å². The van der Waals surface area contributed by atoms with E-state index in [2.05, 4.69) is 11.0 Å². The van der Waals surface area contributed by atoms with Crippen molar-refractivity contribution in [3.05, 3.63) is 35.4 Å². The second-order valence-corrected chi connectivity index (χ2v) is 4.70. The van der Waals surface area contributed by atoms with Crippen molar-refractivity contribution in [1.82, 2.24) is 4.90 Å². The Morgan fingerprint density at radius 3 is 2.57 bits per heavy atom. The monoisotopic (exact) mass is 290 g/mol. The Hall–Kier alpha value is -1.90. The minimum absolute atomic E-state index is 0.247. The molecule has 1 rings (SSSR count). The van der Waals surface area contributed by atoms with E-state index in [1.807, 2.05) is 24.3 Å². The predicted octanol–water partition coefficient (Wildman–Crippen LogP) is 1.76. The summed E-state index contributed by atoms with van der Waals surface area (Å²) >= 11 is 0. The summed E-state index contributed by atoms with van der Waals surface area (Å²) in [5.41, 5.74) is 2.04. The first-order valence-corrected chi connectivity index (χ1v) is 6.93. The lowest BCUT2D eigenvalue weighted by atomic mass is 10.0. The zero-order valence-electron chi connectivity index (χ0n) is 12.7. The van der Waals surface area contributed by atoms with Crippen molar-refractivity contribution >= 4 is 5.97 Å². The summed E-state index contributed by atoms with van der Waals surface area (Å²) in [6.07, 6.45) is 0.742. The van der Waals surface area contributed by atoms with Gasteiger partial charge in [-0.05, 0) is 11.1 Å². The molecule has 0 N–H and O–H groups in total. The van der Waals surface area contributed by atoms with E-state index in [1.54, 1.807) is 7.11 Å². The van der Waals surface area contributed by atoms with Gasteiger partial charge in [0.15, 0.2) is 0 Å². The standard InChI is InChI=1S/C16H22N2O3/c1-20-11-10-18(9-5-8-17)13-15-7-4-3-6-14(15)12-16(19)21-2/h3-4,6-7H,5,9-13H2,1-2H3. The third-order valence-electron chi connectivity index (χ3n) is 3.23. The lowest BCUT2D eigenvalue weighted by Gasteiger charge is -2.22. The maximum atomic E-state index is 11.5. The first-order valence-electron chi connectivity index (χ1n) is 6.93. The van der Waals surface area contributed by atoms with Crippen LogP contribution in [-0.2, 0) is 27.2 Å². The predicted molar refractivity (Wildman–Crippen MR) is 79.5 cm³/mol. The molecule has 1 aromatic carbocycles. The molecule has 0 bridgehead atoms. The summed E-state index contributed by atoms with van der Waals surface area (Å²) < 4.78 is 9.83. The highest BCUT2D eigenvalue weighted by Crippen LogP contribution is 2.13. The average Bonchev–Trinajstić information content (AvgIpc) is 2.51. The van der Waals surface area contributed by atoms with E-state index in [4.69, 9.17) is 14.7 Å². The molecule has 0 saturated carbocycles. The summed E-state index contributed by atoms with van der Waals surface area (Å²) in [7, 11) is 3.05. The fourth-order valence-corrected chi connectivity index (χ4v) is 2.05. The molecule has 0 spiro atoms. The summed E-state index contributed by atoms with van der Waals surface area (Å²) in [4.78, 5) is 13.6. The highest BCUT2D eigenvalue weighted by molar-refractivity contribution is 5.72. The molecule has 5 nitrogen and oxygen atoms in total. The van der Waals surface area contributed by atoms with Crippen molar-refractivity contribution in [1.29, 1.82) is 5.26 Å². The van der Waals surface area contributed by atoms with E-state index < -0.39 is 0 Å². The normalized spacial score (nSPS) is 10.4. The number of hydrogen-bond acceptors (Lipinski definition) is 5. The Kier molecular flexibility index (Phi) is 8.10. The molecule has 0 aliphatic heterocycles. The molecule has 0 amide bonds. The van der Waals surface area contributed by atoms with E-state index >= 15 is 0 Å². The van der Waals surface area contributed by atoms with E-state index in [0.717, 1.165) is 17.7 Å². The van der Waals surface area contributed by atoms with E-state index in [0.29, 0.717) is 26.1 Å². The summed E-state index contributed by atoms with van der Waals surface area (Å²) in [5, 5.41) is 8.74. The van der Waals surface area contributed by atoms with Crippen molar-refractivity contribution in [2.45, 2.75) is 19.4 Å². The van der Waals surface area contributed by atoms with Gasteiger partial charge in [-0.1, -0.05) is 24.3 Å². The van der Waals surface area contributed by atoms with Crippen molar-refractivity contribution < 1.29 is 14.3 Å². The van der Waals surface area contributed by atoms with Gasteiger partial charge in [-0.15, -0.1) is 0 Å². The molecule has 0 radical (unpaired) electrons. The van der Waals surface area contributed by atoms with Crippen LogP contribution >= 0.6 is 0 Å². The van der Waals surface area contributed by atoms with Crippen LogP contribution in [0.4, 0.5) is 0 Å². The molecular weight excluding hydrogens is 268 g/mol. The van der Waals surface area contributed by atoms with Crippen molar-refractivity contribution in [2.75, 3.05) is 33.9 Å². The first kappa shape index (κ1) is 17.2. The number of rotatable bonds is 9. The quantitative estimate of drug-likeness (QED) is 0.649. The van der Waals surface area contributed by atoms with E-state index in [-0.39, 0.29) is 12.4 Å². The van der Waals surface area contributed by atoms with Crippen LogP contribution in [0.3, 0.4) is 0 Å². The van der Waals surface area contributed by atoms with Crippen LogP contribution in [0.25, 0.3) is 0 Å². The second kappa shape index (κ2) is 9.92. The molecule has 0 aliphatic carbocycles. The largest absolute Gasteiger partial charge is 0.469 e. The Labute approximate surface area is 126 Å². The van der Waals surface area contributed by atoms with Crippen molar-refractivity contribution in [3.63, 3.8) is 0 Å². The summed E-state index contributed by atoms with van der Waals surface area (Å²) in [6, 6.07) is 9.97. The molecule has 0 aliphatic rings. The molecule has 21 heavy (non-hydrogen) atoms. The van der Waals surface area contributed by atoms with Gasteiger partial charge in [0.1, 0.15) is 0 Å². The van der Waals surface area contributed by atoms with E-state index in [9.17, 15) is 4.79 Å². The molecule has 0 atom stereocenters. The highest BCUT2D eigenvalue weighted by atomic mass is 16.5. The number of nitriles is 1. The fraction of sp³-hybridized carbons (Fsp3) is 0.500. The van der Waals surface area contributed by atoms with Crippen LogP contribution in [0.2, 0.25) is 0 Å². The molecule has 114 valence electrons. The Morgan fingerprint density at radius 2 is 1.95 bits per heavy atom. The number of esters is 1. The van der Waals surface area contributed by atoms with Crippen LogP contribution in [0.5, 0.6) is 0 Å². The maximum Gasteiger partial charge on any atom is 0.309 e. The Balaban J connectivity index is 2.77. The number of ether oxygens (including phenoxy) is 2. The van der Waals surface area contributed by atoms with Gasteiger partial charge in [0, 0.05) is 33.2 Å². The number of benzene rings is 1. The molecular formula is C16H22N2O3.